The van der Waals surface area contributed by atoms with Crippen LogP contribution in [0.5, 0.6) is 0 Å². The van der Waals surface area contributed by atoms with Gasteiger partial charge in [0.1, 0.15) is 0 Å². The second-order valence-corrected chi connectivity index (χ2v) is 2.19. The van der Waals surface area contributed by atoms with Crippen LogP contribution in [0.3, 0.4) is 0 Å². The fourth-order valence-corrected chi connectivity index (χ4v) is 0. The Kier molecular flexibility index (Phi) is 4.54. The van der Waals surface area contributed by atoms with E-state index in [9.17, 15) is 0 Å². The zero-order chi connectivity index (χ0) is 3.41. The summed E-state index contributed by atoms with van der Waals surface area (Å²) in [7, 11) is 0. The molecule has 0 N–H and O–H groups in total. The number of rotatable bonds is 1. The predicted octanol–water partition coefficient (Wildman–Crippen LogP) is 1.14. The van der Waals surface area contributed by atoms with Crippen molar-refractivity contribution in [2.45, 2.75) is 3.45 Å². The topological polar surface area (TPSA) is 0 Å². The molecule has 0 saturated carbocycles. The quantitative estimate of drug-likeness (QED) is 0.631. The van der Waals surface area contributed by atoms with Crippen molar-refractivity contribution >= 4 is 0 Å². The Hall–Kier alpha value is 0.792. The Morgan fingerprint density at radius 3 is 2.25 bits per heavy atom. The fourth-order valence-electron chi connectivity index (χ4n) is 0. The summed E-state index contributed by atoms with van der Waals surface area (Å²) >= 11 is 1.10. The van der Waals surface area contributed by atoms with Crippen LogP contribution in [0.15, 0.2) is 12.7 Å². The van der Waals surface area contributed by atoms with Crippen LogP contribution in [0, 0.1) is 29.4 Å². The van der Waals surface area contributed by atoms with Crippen molar-refractivity contribution in [2.75, 3.05) is 0 Å². The maximum atomic E-state index is 3.52. The van der Waals surface area contributed by atoms with Gasteiger partial charge >= 0.3 is 45.5 Å². The van der Waals surface area contributed by atoms with Crippen molar-refractivity contribution < 1.29 is 29.4 Å². The third kappa shape index (κ3) is 2.79. The number of hydrogen-bond acceptors (Lipinski definition) is 0. The van der Waals surface area contributed by atoms with Crippen LogP contribution in [0.1, 0.15) is 0 Å². The fraction of sp³-hybridized carbons (Fsp3) is 0.333. The average molecular weight is 279 g/mol. The monoisotopic (exact) mass is 279 g/mol. The Balaban J connectivity index is 2.30. The van der Waals surface area contributed by atoms with Crippen LogP contribution in [0.25, 0.3) is 0 Å². The van der Waals surface area contributed by atoms with Crippen molar-refractivity contribution in [3.8, 4) is 0 Å². The first-order valence-corrected chi connectivity index (χ1v) is 4.11. The van der Waals surface area contributed by atoms with Crippen LogP contribution in [-0.2, 0) is 0 Å². The minimum atomic E-state index is 1.10. The van der Waals surface area contributed by atoms with Gasteiger partial charge in [-0.15, -0.1) is 0 Å². The van der Waals surface area contributed by atoms with Crippen molar-refractivity contribution in [1.82, 2.24) is 0 Å². The molecular formula is C3H5U. The third-order valence-electron chi connectivity index (χ3n) is 0.144. The zero-order valence-corrected chi connectivity index (χ0v) is 6.66. The molecule has 0 aromatic rings. The maximum absolute atomic E-state index is 3.52. The Labute approximate surface area is 45.5 Å². The van der Waals surface area contributed by atoms with Crippen molar-refractivity contribution in [2.24, 2.45) is 0 Å². The van der Waals surface area contributed by atoms with Gasteiger partial charge in [-0.2, -0.15) is 0 Å². The second kappa shape index (κ2) is 3.79. The Morgan fingerprint density at radius 2 is 2.25 bits per heavy atom. The van der Waals surface area contributed by atoms with E-state index in [1.54, 1.807) is 0 Å². The van der Waals surface area contributed by atoms with Gasteiger partial charge in [0.15, 0.2) is 0 Å². The molecule has 0 aliphatic heterocycles. The first-order chi connectivity index (χ1) is 1.91. The molecule has 0 saturated heterocycles. The molecule has 0 unspecified atom stereocenters. The third-order valence-corrected chi connectivity index (χ3v) is 1.35. The summed E-state index contributed by atoms with van der Waals surface area (Å²) in [5.74, 6) is 0. The van der Waals surface area contributed by atoms with Crippen LogP contribution in [0.4, 0.5) is 0 Å². The summed E-state index contributed by atoms with van der Waals surface area (Å²) in [5, 5.41) is 0. The van der Waals surface area contributed by atoms with Gasteiger partial charge in [0.05, 0.1) is 0 Å². The van der Waals surface area contributed by atoms with E-state index in [-0.39, 0.29) is 0 Å². The molecular weight excluding hydrogens is 274 g/mol. The molecule has 4 heavy (non-hydrogen) atoms. The zero-order valence-electron chi connectivity index (χ0n) is 2.49. The normalized spacial score (nSPS) is 6.50. The molecule has 21 valence electrons. The molecule has 0 aliphatic rings. The van der Waals surface area contributed by atoms with Crippen molar-refractivity contribution in [1.29, 1.82) is 0 Å². The first-order valence-electron chi connectivity index (χ1n) is 1.17. The summed E-state index contributed by atoms with van der Waals surface area (Å²) in [5.41, 5.74) is 0. The average Bonchev–Trinajstić information content (AvgIpc) is 1.37. The molecule has 0 aliphatic carbocycles. The Bertz CT molecular complexity index is 17.2. The van der Waals surface area contributed by atoms with Gasteiger partial charge in [0, 0.05) is 0 Å². The summed E-state index contributed by atoms with van der Waals surface area (Å²) < 4.78 is 1.25. The summed E-state index contributed by atoms with van der Waals surface area (Å²) in [6.07, 6.45) is 1.95. The van der Waals surface area contributed by atoms with Gasteiger partial charge in [0.2, 0.25) is 0 Å². The number of allylic oxidation sites excluding steroid dienone is 1. The van der Waals surface area contributed by atoms with E-state index in [1.165, 1.54) is 3.45 Å². The standard InChI is InChI=1S/C3H5.U/c1-3-2;/h3H,1-2H2;. The summed E-state index contributed by atoms with van der Waals surface area (Å²) in [4.78, 5) is 0. The van der Waals surface area contributed by atoms with Gasteiger partial charge in [-0.25, -0.2) is 0 Å². The van der Waals surface area contributed by atoms with E-state index in [0.717, 1.165) is 29.4 Å². The molecule has 0 spiro atoms. The van der Waals surface area contributed by atoms with E-state index in [4.69, 9.17) is 0 Å². The van der Waals surface area contributed by atoms with Crippen molar-refractivity contribution in [3.05, 3.63) is 12.7 Å². The molecule has 0 amide bonds. The summed E-state index contributed by atoms with van der Waals surface area (Å²) in [6.45, 7) is 3.52. The van der Waals surface area contributed by atoms with E-state index < -0.39 is 0 Å². The van der Waals surface area contributed by atoms with Crippen molar-refractivity contribution in [3.63, 3.8) is 0 Å². The predicted molar refractivity (Wildman–Crippen MR) is 15.0 cm³/mol. The molecule has 0 rings (SSSR count). The van der Waals surface area contributed by atoms with Gasteiger partial charge < -0.3 is 0 Å². The molecule has 0 radical (unpaired) electrons. The van der Waals surface area contributed by atoms with E-state index >= 15 is 0 Å². The first kappa shape index (κ1) is 4.79. The Morgan fingerprint density at radius 1 is 2.00 bits per heavy atom. The molecule has 0 atom stereocenters. The second-order valence-electron chi connectivity index (χ2n) is 0.493. The van der Waals surface area contributed by atoms with Crippen LogP contribution >= 0.6 is 0 Å². The van der Waals surface area contributed by atoms with Gasteiger partial charge in [0.25, 0.3) is 0 Å². The molecule has 0 aromatic carbocycles. The van der Waals surface area contributed by atoms with Crippen LogP contribution in [0.2, 0.25) is 3.45 Å². The van der Waals surface area contributed by atoms with E-state index in [0.29, 0.717) is 0 Å². The molecule has 0 fully saturated rings. The SMILES string of the molecule is C=C[CH2][U]. The number of hydrogen-bond donors (Lipinski definition) is 0. The minimum absolute atomic E-state index is 1.10. The van der Waals surface area contributed by atoms with Crippen LogP contribution in [-0.4, -0.2) is 0 Å². The molecule has 1 heteroatoms. The molecule has 0 heterocycles. The van der Waals surface area contributed by atoms with Gasteiger partial charge in [-0.3, -0.25) is 0 Å². The molecule has 0 aromatic heterocycles. The van der Waals surface area contributed by atoms with Crippen LogP contribution < -0.4 is 0 Å². The van der Waals surface area contributed by atoms with Gasteiger partial charge in [-0.1, -0.05) is 0 Å². The summed E-state index contributed by atoms with van der Waals surface area (Å²) in [6, 6.07) is 0. The molecule has 0 bridgehead atoms. The molecule has 0 nitrogen and oxygen atoms in total. The van der Waals surface area contributed by atoms with E-state index in [2.05, 4.69) is 6.58 Å². The van der Waals surface area contributed by atoms with Gasteiger partial charge in [-0.05, 0) is 0 Å². The van der Waals surface area contributed by atoms with E-state index in [1.807, 2.05) is 6.08 Å².